The molecule has 136 valence electrons. The molecule has 5 aliphatic rings. The van der Waals surface area contributed by atoms with Crippen molar-refractivity contribution in [2.24, 2.45) is 23.2 Å². The third-order valence-corrected chi connectivity index (χ3v) is 6.99. The van der Waals surface area contributed by atoms with Gasteiger partial charge in [0, 0.05) is 5.92 Å². The van der Waals surface area contributed by atoms with Gasteiger partial charge >= 0.3 is 6.03 Å². The third-order valence-electron chi connectivity index (χ3n) is 6.99. The van der Waals surface area contributed by atoms with Gasteiger partial charge in [-0.2, -0.15) is 0 Å². The molecular formula is C19H21N3O4. The molecule has 26 heavy (non-hydrogen) atoms. The minimum atomic E-state index is -0.896. The van der Waals surface area contributed by atoms with Crippen molar-refractivity contribution in [2.75, 3.05) is 6.61 Å². The second-order valence-corrected chi connectivity index (χ2v) is 8.08. The molecule has 1 spiro atoms. The Morgan fingerprint density at radius 1 is 1.31 bits per heavy atom. The van der Waals surface area contributed by atoms with Crippen molar-refractivity contribution < 1.29 is 19.5 Å². The highest BCUT2D eigenvalue weighted by Gasteiger charge is 2.90. The van der Waals surface area contributed by atoms with E-state index in [1.807, 2.05) is 30.3 Å². The van der Waals surface area contributed by atoms with Gasteiger partial charge in [-0.05, 0) is 36.7 Å². The van der Waals surface area contributed by atoms with Crippen molar-refractivity contribution in [3.05, 3.63) is 35.9 Å². The smallest absolute Gasteiger partial charge is 0.322 e. The number of rotatable bonds is 5. The Hall–Kier alpha value is -2.41. The zero-order valence-electron chi connectivity index (χ0n) is 14.2. The SMILES string of the molecule is O=C1NC(=O)[C@@]2(N1)[C@H]1C[C@@H]3[C@@H]2[C@]3(C(=O)N[C@@H](CO)Cc2ccccc2)C1. The Morgan fingerprint density at radius 2 is 2.08 bits per heavy atom. The molecule has 4 N–H and O–H groups in total. The van der Waals surface area contributed by atoms with Gasteiger partial charge in [-0.15, -0.1) is 0 Å². The van der Waals surface area contributed by atoms with Crippen molar-refractivity contribution in [2.45, 2.75) is 30.8 Å². The van der Waals surface area contributed by atoms with Crippen LogP contribution >= 0.6 is 0 Å². The molecule has 1 heterocycles. The summed E-state index contributed by atoms with van der Waals surface area (Å²) in [6, 6.07) is 8.90. The summed E-state index contributed by atoms with van der Waals surface area (Å²) in [5, 5.41) is 17.9. The van der Waals surface area contributed by atoms with Gasteiger partial charge in [0.1, 0.15) is 5.54 Å². The molecule has 5 fully saturated rings. The quantitative estimate of drug-likeness (QED) is 0.555. The fraction of sp³-hybridized carbons (Fsp3) is 0.526. The van der Waals surface area contributed by atoms with E-state index in [0.29, 0.717) is 12.8 Å². The molecule has 0 radical (unpaired) electrons. The lowest BCUT2D eigenvalue weighted by molar-refractivity contribution is -0.128. The van der Waals surface area contributed by atoms with Crippen LogP contribution in [-0.2, 0) is 16.0 Å². The molecule has 6 rings (SSSR count). The molecule has 4 amide bonds. The van der Waals surface area contributed by atoms with E-state index >= 15 is 0 Å². The summed E-state index contributed by atoms with van der Waals surface area (Å²) in [6.07, 6.45) is 1.99. The van der Waals surface area contributed by atoms with Gasteiger partial charge < -0.3 is 15.7 Å². The maximum atomic E-state index is 13.1. The fourth-order valence-corrected chi connectivity index (χ4v) is 6.04. The number of imide groups is 1. The number of aliphatic hydroxyl groups excluding tert-OH is 1. The van der Waals surface area contributed by atoms with Gasteiger partial charge in [-0.25, -0.2) is 4.79 Å². The van der Waals surface area contributed by atoms with Crippen LogP contribution in [0.15, 0.2) is 30.3 Å². The van der Waals surface area contributed by atoms with Crippen molar-refractivity contribution in [1.29, 1.82) is 0 Å². The number of carbonyl (C=O) groups is 3. The number of carbonyl (C=O) groups excluding carboxylic acids is 3. The summed E-state index contributed by atoms with van der Waals surface area (Å²) in [6.45, 7) is -0.141. The number of benzene rings is 1. The molecule has 6 atom stereocenters. The lowest BCUT2D eigenvalue weighted by Crippen LogP contribution is -2.51. The fourth-order valence-electron chi connectivity index (χ4n) is 6.04. The molecule has 1 aromatic rings. The first kappa shape index (κ1) is 15.8. The number of amides is 4. The van der Waals surface area contributed by atoms with Crippen molar-refractivity contribution in [3.8, 4) is 0 Å². The molecule has 4 aliphatic carbocycles. The van der Waals surface area contributed by atoms with Crippen LogP contribution in [-0.4, -0.2) is 41.1 Å². The van der Waals surface area contributed by atoms with Crippen LogP contribution in [0.4, 0.5) is 4.79 Å². The Bertz CT molecular complexity index is 812. The highest BCUT2D eigenvalue weighted by molar-refractivity contribution is 6.10. The van der Waals surface area contributed by atoms with E-state index in [-0.39, 0.29) is 42.2 Å². The molecule has 4 saturated carbocycles. The van der Waals surface area contributed by atoms with Crippen LogP contribution in [0, 0.1) is 23.2 Å². The second-order valence-electron chi connectivity index (χ2n) is 8.08. The zero-order chi connectivity index (χ0) is 18.1. The highest BCUT2D eigenvalue weighted by atomic mass is 16.3. The Morgan fingerprint density at radius 3 is 2.69 bits per heavy atom. The molecular weight excluding hydrogens is 334 g/mol. The molecule has 1 aliphatic heterocycles. The first-order valence-corrected chi connectivity index (χ1v) is 9.11. The van der Waals surface area contributed by atoms with E-state index in [9.17, 15) is 19.5 Å². The molecule has 1 saturated heterocycles. The summed E-state index contributed by atoms with van der Waals surface area (Å²) in [5.74, 6) is -0.322. The molecule has 0 unspecified atom stereocenters. The normalized spacial score (nSPS) is 39.7. The number of hydrogen-bond acceptors (Lipinski definition) is 4. The molecule has 7 heteroatoms. The monoisotopic (exact) mass is 355 g/mol. The van der Waals surface area contributed by atoms with Crippen LogP contribution in [0.5, 0.6) is 0 Å². The highest BCUT2D eigenvalue weighted by Crippen LogP contribution is 2.82. The molecule has 0 aromatic heterocycles. The van der Waals surface area contributed by atoms with Crippen molar-refractivity contribution in [1.82, 2.24) is 16.0 Å². The van der Waals surface area contributed by atoms with E-state index in [4.69, 9.17) is 0 Å². The number of aliphatic hydroxyl groups is 1. The number of hydrogen-bond donors (Lipinski definition) is 4. The summed E-state index contributed by atoms with van der Waals surface area (Å²) in [5.41, 5.74) is -0.414. The molecule has 1 aromatic carbocycles. The minimum absolute atomic E-state index is 0.0244. The first-order chi connectivity index (χ1) is 12.5. The second kappa shape index (κ2) is 5.07. The summed E-state index contributed by atoms with van der Waals surface area (Å²) in [4.78, 5) is 37.1. The largest absolute Gasteiger partial charge is 0.394 e. The van der Waals surface area contributed by atoms with E-state index in [0.717, 1.165) is 12.0 Å². The van der Waals surface area contributed by atoms with Crippen molar-refractivity contribution >= 4 is 17.8 Å². The summed E-state index contributed by atoms with van der Waals surface area (Å²) >= 11 is 0. The van der Waals surface area contributed by atoms with Crippen LogP contribution in [0.3, 0.4) is 0 Å². The van der Waals surface area contributed by atoms with Crippen LogP contribution < -0.4 is 16.0 Å². The van der Waals surface area contributed by atoms with Gasteiger partial charge in [-0.3, -0.25) is 14.9 Å². The topological polar surface area (TPSA) is 108 Å². The number of nitrogens with one attached hydrogen (secondary N) is 3. The average molecular weight is 355 g/mol. The standard InChI is InChI=1S/C19H21N3O4/c23-9-12(6-10-4-2-1-3-5-10)20-15(24)18-8-11-7-13(18)14(18)19(11)16(25)21-17(26)22-19/h1-5,11-14,23H,6-9H2,(H,20,24)(H2,21,22,25,26)/t11-,12+,13+,14+,18-,19+/m0/s1. The maximum Gasteiger partial charge on any atom is 0.322 e. The van der Waals surface area contributed by atoms with E-state index < -0.39 is 17.0 Å². The van der Waals surface area contributed by atoms with Gasteiger partial charge in [0.2, 0.25) is 5.91 Å². The maximum absolute atomic E-state index is 13.1. The summed E-state index contributed by atoms with van der Waals surface area (Å²) in [7, 11) is 0. The van der Waals surface area contributed by atoms with E-state index in [1.54, 1.807) is 0 Å². The van der Waals surface area contributed by atoms with Gasteiger partial charge in [0.25, 0.3) is 5.91 Å². The minimum Gasteiger partial charge on any atom is -0.394 e. The van der Waals surface area contributed by atoms with Crippen molar-refractivity contribution in [3.63, 3.8) is 0 Å². The number of urea groups is 1. The van der Waals surface area contributed by atoms with Gasteiger partial charge in [-0.1, -0.05) is 30.3 Å². The van der Waals surface area contributed by atoms with Crippen LogP contribution in [0.2, 0.25) is 0 Å². The average Bonchev–Trinajstić information content (AvgIpc) is 2.98. The first-order valence-electron chi connectivity index (χ1n) is 9.11. The van der Waals surface area contributed by atoms with Gasteiger partial charge in [0.05, 0.1) is 18.1 Å². The van der Waals surface area contributed by atoms with Gasteiger partial charge in [0.15, 0.2) is 0 Å². The van der Waals surface area contributed by atoms with Crippen LogP contribution in [0.1, 0.15) is 18.4 Å². The Balaban J connectivity index is 1.33. The molecule has 7 nitrogen and oxygen atoms in total. The van der Waals surface area contributed by atoms with Crippen LogP contribution in [0.25, 0.3) is 0 Å². The Labute approximate surface area is 150 Å². The lowest BCUT2D eigenvalue weighted by Gasteiger charge is -2.24. The molecule has 4 bridgehead atoms. The predicted molar refractivity (Wildman–Crippen MR) is 90.7 cm³/mol. The third kappa shape index (κ3) is 1.79. The van der Waals surface area contributed by atoms with E-state index in [2.05, 4.69) is 16.0 Å². The Kier molecular flexibility index (Phi) is 3.08. The predicted octanol–water partition coefficient (Wildman–Crippen LogP) is -0.0596. The summed E-state index contributed by atoms with van der Waals surface area (Å²) < 4.78 is 0. The zero-order valence-corrected chi connectivity index (χ0v) is 14.2. The van der Waals surface area contributed by atoms with E-state index in [1.165, 1.54) is 0 Å². The lowest BCUT2D eigenvalue weighted by atomic mass is 9.88.